The summed E-state index contributed by atoms with van der Waals surface area (Å²) < 4.78 is 0. The van der Waals surface area contributed by atoms with E-state index in [2.05, 4.69) is 15.6 Å². The first-order valence-corrected chi connectivity index (χ1v) is 10.3. The number of carbonyl (C=O) groups is 2. The van der Waals surface area contributed by atoms with Crippen molar-refractivity contribution in [3.8, 4) is 0 Å². The molecule has 3 aliphatic rings. The van der Waals surface area contributed by atoms with Gasteiger partial charge in [-0.2, -0.15) is 0 Å². The molecule has 1 heterocycles. The largest absolute Gasteiger partial charge is 0.370 e. The van der Waals surface area contributed by atoms with Crippen LogP contribution in [0.25, 0.3) is 0 Å². The highest BCUT2D eigenvalue weighted by Gasteiger charge is 2.56. The van der Waals surface area contributed by atoms with Crippen LogP contribution in [0.2, 0.25) is 0 Å². The van der Waals surface area contributed by atoms with Gasteiger partial charge in [0, 0.05) is 6.04 Å². The number of rotatable bonds is 5. The first-order chi connectivity index (χ1) is 13.5. The number of guanidine groups is 1. The van der Waals surface area contributed by atoms with Crippen LogP contribution in [0, 0.1) is 5.92 Å². The second-order valence-electron chi connectivity index (χ2n) is 8.40. The number of nitrogens with one attached hydrogen (secondary N) is 2. The van der Waals surface area contributed by atoms with Gasteiger partial charge in [-0.25, -0.2) is 14.7 Å². The Labute approximate surface area is 188 Å². The molecule has 0 radical (unpaired) electrons. The Bertz CT molecular complexity index is 804. The Morgan fingerprint density at radius 2 is 1.97 bits per heavy atom. The third-order valence-corrected chi connectivity index (χ3v) is 6.17. The van der Waals surface area contributed by atoms with Crippen molar-refractivity contribution >= 4 is 47.6 Å². The van der Waals surface area contributed by atoms with Crippen LogP contribution in [0.15, 0.2) is 29.3 Å². The fourth-order valence-corrected chi connectivity index (χ4v) is 4.30. The lowest BCUT2D eigenvalue weighted by molar-refractivity contribution is -0.122. The van der Waals surface area contributed by atoms with E-state index in [1.807, 2.05) is 25.1 Å². The lowest BCUT2D eigenvalue weighted by Crippen LogP contribution is -2.46. The molecule has 7 nitrogen and oxygen atoms in total. The van der Waals surface area contributed by atoms with Crippen LogP contribution in [0.1, 0.15) is 57.4 Å². The molecule has 3 fully saturated rings. The minimum atomic E-state index is -0.778. The minimum absolute atomic E-state index is 0. The van der Waals surface area contributed by atoms with Crippen molar-refractivity contribution in [3.63, 3.8) is 0 Å². The van der Waals surface area contributed by atoms with E-state index in [1.165, 1.54) is 24.2 Å². The van der Waals surface area contributed by atoms with Crippen molar-refractivity contribution < 1.29 is 9.59 Å². The molecule has 0 bridgehead atoms. The third-order valence-electron chi connectivity index (χ3n) is 6.17. The number of aliphatic imine (C=N–C) groups is 1. The Balaban J connectivity index is 0.00000240. The van der Waals surface area contributed by atoms with Crippen LogP contribution in [0.3, 0.4) is 0 Å². The average Bonchev–Trinajstić information content (AvgIpc) is 3.50. The fraction of sp³-hybridized carbons (Fsp3) is 0.571. The fourth-order valence-electron chi connectivity index (χ4n) is 4.30. The number of carbonyl (C=O) groups excluding carboxylic acids is 2. The molecule has 8 heteroatoms. The molecule has 1 aromatic carbocycles. The third kappa shape index (κ3) is 4.67. The van der Waals surface area contributed by atoms with E-state index in [0.717, 1.165) is 31.2 Å². The van der Waals surface area contributed by atoms with Gasteiger partial charge in [-0.15, -0.1) is 24.0 Å². The minimum Gasteiger partial charge on any atom is -0.370 e. The quantitative estimate of drug-likeness (QED) is 0.245. The lowest BCUT2D eigenvalue weighted by atomic mass is 9.96. The number of halogens is 1. The molecule has 1 aromatic rings. The van der Waals surface area contributed by atoms with Crippen molar-refractivity contribution in [1.82, 2.24) is 10.6 Å². The zero-order valence-corrected chi connectivity index (χ0v) is 19.1. The summed E-state index contributed by atoms with van der Waals surface area (Å²) in [6, 6.07) is 7.46. The molecule has 2 saturated carbocycles. The molecule has 1 atom stereocenters. The highest BCUT2D eigenvalue weighted by Crippen LogP contribution is 2.43. The van der Waals surface area contributed by atoms with Crippen molar-refractivity contribution in [2.24, 2.45) is 16.6 Å². The van der Waals surface area contributed by atoms with Gasteiger partial charge in [0.25, 0.3) is 5.91 Å². The summed E-state index contributed by atoms with van der Waals surface area (Å²) in [5.41, 5.74) is 6.76. The number of hydrogen-bond acceptors (Lipinski definition) is 3. The van der Waals surface area contributed by atoms with Crippen LogP contribution in [-0.4, -0.2) is 29.5 Å². The van der Waals surface area contributed by atoms with Crippen molar-refractivity contribution in [2.45, 2.75) is 70.0 Å². The topological polar surface area (TPSA) is 99.8 Å². The Hall–Kier alpha value is -1.84. The molecule has 2 aliphatic carbocycles. The molecule has 4 rings (SSSR count). The summed E-state index contributed by atoms with van der Waals surface area (Å²) >= 11 is 0. The summed E-state index contributed by atoms with van der Waals surface area (Å²) in [5, 5.41) is 6.19. The monoisotopic (exact) mass is 511 g/mol. The van der Waals surface area contributed by atoms with Crippen molar-refractivity contribution in [2.75, 3.05) is 4.90 Å². The van der Waals surface area contributed by atoms with Gasteiger partial charge in [-0.05, 0) is 56.2 Å². The number of imide groups is 1. The van der Waals surface area contributed by atoms with Crippen molar-refractivity contribution in [1.29, 1.82) is 0 Å². The second kappa shape index (κ2) is 8.89. The number of benzene rings is 1. The molecular formula is C21H30IN5O2. The van der Waals surface area contributed by atoms with E-state index >= 15 is 0 Å². The van der Waals surface area contributed by atoms with E-state index in [9.17, 15) is 9.59 Å². The zero-order chi connectivity index (χ0) is 19.7. The van der Waals surface area contributed by atoms with Crippen LogP contribution in [0.5, 0.6) is 0 Å². The molecule has 1 saturated heterocycles. The van der Waals surface area contributed by atoms with E-state index in [1.54, 1.807) is 6.07 Å². The van der Waals surface area contributed by atoms with Crippen LogP contribution in [-0.2, 0) is 11.3 Å². The second-order valence-corrected chi connectivity index (χ2v) is 8.40. The van der Waals surface area contributed by atoms with Gasteiger partial charge in [0.2, 0.25) is 0 Å². The summed E-state index contributed by atoms with van der Waals surface area (Å²) in [6.45, 7) is 2.24. The molecule has 0 spiro atoms. The normalized spacial score (nSPS) is 25.6. The van der Waals surface area contributed by atoms with Gasteiger partial charge in [-0.1, -0.05) is 31.4 Å². The Kier molecular flexibility index (Phi) is 6.70. The van der Waals surface area contributed by atoms with Crippen LogP contribution < -0.4 is 21.3 Å². The van der Waals surface area contributed by atoms with Crippen LogP contribution >= 0.6 is 24.0 Å². The molecule has 1 unspecified atom stereocenters. The van der Waals surface area contributed by atoms with Gasteiger partial charge < -0.3 is 16.4 Å². The van der Waals surface area contributed by atoms with Crippen molar-refractivity contribution in [3.05, 3.63) is 29.8 Å². The van der Waals surface area contributed by atoms with Gasteiger partial charge >= 0.3 is 6.03 Å². The standard InChI is InChI=1S/C21H29N5O2.HI/c1-21(15-10-11-15)18(27)26(20(28)25-21)17-9-5-6-14(12-17)13-23-19(22)24-16-7-3-2-4-8-16;/h5-6,9,12,15-16H,2-4,7-8,10-11,13H2,1H3,(H,25,28)(H3,22,23,24);1H. The summed E-state index contributed by atoms with van der Waals surface area (Å²) in [5.74, 6) is 0.528. The van der Waals surface area contributed by atoms with Gasteiger partial charge in [0.1, 0.15) is 5.54 Å². The SMILES string of the molecule is CC1(C2CC2)NC(=O)N(c2cccc(CN=C(N)NC3CCCCC3)c2)C1=O.I. The predicted octanol–water partition coefficient (Wildman–Crippen LogP) is 3.27. The van der Waals surface area contributed by atoms with E-state index in [-0.39, 0.29) is 41.8 Å². The Morgan fingerprint density at radius 1 is 1.24 bits per heavy atom. The van der Waals surface area contributed by atoms with Gasteiger partial charge in [0.15, 0.2) is 5.96 Å². The lowest BCUT2D eigenvalue weighted by Gasteiger charge is -2.23. The zero-order valence-electron chi connectivity index (χ0n) is 16.8. The maximum atomic E-state index is 12.9. The summed E-state index contributed by atoms with van der Waals surface area (Å²) in [7, 11) is 0. The van der Waals surface area contributed by atoms with Gasteiger partial charge in [-0.3, -0.25) is 4.79 Å². The molecule has 3 amide bonds. The molecule has 4 N–H and O–H groups in total. The number of amides is 3. The molecule has 158 valence electrons. The van der Waals surface area contributed by atoms with E-state index < -0.39 is 5.54 Å². The molecule has 29 heavy (non-hydrogen) atoms. The highest BCUT2D eigenvalue weighted by molar-refractivity contribution is 14.0. The molecule has 1 aliphatic heterocycles. The summed E-state index contributed by atoms with van der Waals surface area (Å²) in [6.07, 6.45) is 8.01. The molecule has 0 aromatic heterocycles. The predicted molar refractivity (Wildman–Crippen MR) is 124 cm³/mol. The Morgan fingerprint density at radius 3 is 2.66 bits per heavy atom. The number of hydrogen-bond donors (Lipinski definition) is 3. The number of urea groups is 1. The number of anilines is 1. The number of nitrogens with two attached hydrogens (primary N) is 1. The van der Waals surface area contributed by atoms with Gasteiger partial charge in [0.05, 0.1) is 12.2 Å². The maximum absolute atomic E-state index is 12.9. The first-order valence-electron chi connectivity index (χ1n) is 10.3. The molecular weight excluding hydrogens is 481 g/mol. The van der Waals surface area contributed by atoms with E-state index in [0.29, 0.717) is 24.2 Å². The smallest absolute Gasteiger partial charge is 0.329 e. The number of nitrogens with zero attached hydrogens (tertiary/aromatic N) is 2. The highest BCUT2D eigenvalue weighted by atomic mass is 127. The van der Waals surface area contributed by atoms with E-state index in [4.69, 9.17) is 5.73 Å². The summed E-state index contributed by atoms with van der Waals surface area (Å²) in [4.78, 5) is 31.1. The maximum Gasteiger partial charge on any atom is 0.329 e. The average molecular weight is 511 g/mol. The first kappa shape index (κ1) is 21.9. The van der Waals surface area contributed by atoms with Crippen LogP contribution in [0.4, 0.5) is 10.5 Å².